The molecule has 1 aromatic heterocycles. The number of rotatable bonds is 5. The molecule has 2 N–H and O–H groups in total. The summed E-state index contributed by atoms with van der Waals surface area (Å²) in [4.78, 5) is 0.385. The number of piperidine rings is 1. The molecule has 2 heterocycles. The first-order valence-electron chi connectivity index (χ1n) is 7.27. The highest BCUT2D eigenvalue weighted by Crippen LogP contribution is 2.22. The second kappa shape index (κ2) is 6.24. The van der Waals surface area contributed by atoms with E-state index in [0.717, 1.165) is 25.1 Å². The fraction of sp³-hybridized carbons (Fsp3) is 0.769. The minimum Gasteiger partial charge on any atom is -0.315 e. The molecule has 20 heavy (non-hydrogen) atoms. The van der Waals surface area contributed by atoms with Gasteiger partial charge in [-0.3, -0.25) is 4.68 Å². The quantitative estimate of drug-likeness (QED) is 0.834. The molecule has 0 aliphatic carbocycles. The van der Waals surface area contributed by atoms with Crippen molar-refractivity contribution >= 4 is 10.0 Å². The summed E-state index contributed by atoms with van der Waals surface area (Å²) in [6.07, 6.45) is 3.16. The summed E-state index contributed by atoms with van der Waals surface area (Å²) in [6, 6.07) is -0.0247. The fourth-order valence-electron chi connectivity index (χ4n) is 2.76. The molecular formula is C13H24N4O2S. The Morgan fingerprint density at radius 1 is 1.40 bits per heavy atom. The van der Waals surface area contributed by atoms with Crippen molar-refractivity contribution in [2.75, 3.05) is 13.1 Å². The Balaban J connectivity index is 2.32. The van der Waals surface area contributed by atoms with Gasteiger partial charge in [0, 0.05) is 19.6 Å². The molecule has 1 saturated heterocycles. The van der Waals surface area contributed by atoms with E-state index >= 15 is 0 Å². The summed E-state index contributed by atoms with van der Waals surface area (Å²) in [5.74, 6) is 0. The first-order valence-corrected chi connectivity index (χ1v) is 8.75. The first-order chi connectivity index (χ1) is 9.49. The third kappa shape index (κ3) is 3.05. The van der Waals surface area contributed by atoms with Crippen molar-refractivity contribution in [2.24, 2.45) is 7.05 Å². The molecule has 0 amide bonds. The first kappa shape index (κ1) is 15.5. The fourth-order valence-corrected chi connectivity index (χ4v) is 4.60. The van der Waals surface area contributed by atoms with Crippen LogP contribution in [0.5, 0.6) is 0 Å². The monoisotopic (exact) mass is 300 g/mol. The number of nitrogens with one attached hydrogen (secondary N) is 2. The molecule has 0 radical (unpaired) electrons. The van der Waals surface area contributed by atoms with Crippen LogP contribution in [0.15, 0.2) is 4.90 Å². The molecule has 1 atom stereocenters. The van der Waals surface area contributed by atoms with Crippen molar-refractivity contribution in [1.82, 2.24) is 19.8 Å². The molecule has 0 spiro atoms. The van der Waals surface area contributed by atoms with E-state index in [1.165, 1.54) is 0 Å². The number of hydrogen-bond acceptors (Lipinski definition) is 4. The molecule has 2 rings (SSSR count). The lowest BCUT2D eigenvalue weighted by Gasteiger charge is -2.23. The molecule has 114 valence electrons. The van der Waals surface area contributed by atoms with E-state index in [2.05, 4.69) is 15.1 Å². The third-order valence-electron chi connectivity index (χ3n) is 3.74. The van der Waals surface area contributed by atoms with Gasteiger partial charge in [-0.2, -0.15) is 5.10 Å². The Morgan fingerprint density at radius 3 is 2.70 bits per heavy atom. The van der Waals surface area contributed by atoms with Gasteiger partial charge in [0.15, 0.2) is 0 Å². The molecule has 0 aromatic carbocycles. The van der Waals surface area contributed by atoms with Crippen LogP contribution in [0.2, 0.25) is 0 Å². The van der Waals surface area contributed by atoms with Gasteiger partial charge in [0.05, 0.1) is 11.4 Å². The Hall–Kier alpha value is -0.920. The van der Waals surface area contributed by atoms with E-state index in [-0.39, 0.29) is 6.04 Å². The van der Waals surface area contributed by atoms with Crippen molar-refractivity contribution in [3.05, 3.63) is 11.4 Å². The zero-order chi connectivity index (χ0) is 14.8. The van der Waals surface area contributed by atoms with Crippen molar-refractivity contribution in [3.8, 4) is 0 Å². The van der Waals surface area contributed by atoms with Crippen LogP contribution in [-0.2, 0) is 29.9 Å². The largest absolute Gasteiger partial charge is 0.315 e. The topological polar surface area (TPSA) is 76.0 Å². The van der Waals surface area contributed by atoms with Crippen molar-refractivity contribution < 1.29 is 8.42 Å². The SMILES string of the molecule is CCc1nn(C)c(CC)c1S(=O)(=O)N[C@H]1CCCNC1. The van der Waals surface area contributed by atoms with Crippen LogP contribution in [0.4, 0.5) is 0 Å². The Morgan fingerprint density at radius 2 is 2.15 bits per heavy atom. The molecule has 1 fully saturated rings. The van der Waals surface area contributed by atoms with Crippen LogP contribution in [-0.4, -0.2) is 37.3 Å². The predicted molar refractivity (Wildman–Crippen MR) is 78.2 cm³/mol. The van der Waals surface area contributed by atoms with Crippen LogP contribution < -0.4 is 10.0 Å². The van der Waals surface area contributed by atoms with Gasteiger partial charge in [0.25, 0.3) is 0 Å². The van der Waals surface area contributed by atoms with E-state index < -0.39 is 10.0 Å². The van der Waals surface area contributed by atoms with Crippen LogP contribution in [0.3, 0.4) is 0 Å². The minimum absolute atomic E-state index is 0.0247. The summed E-state index contributed by atoms with van der Waals surface area (Å²) in [5.41, 5.74) is 1.43. The zero-order valence-electron chi connectivity index (χ0n) is 12.4. The minimum atomic E-state index is -3.50. The Kier molecular flexibility index (Phi) is 4.82. The maximum atomic E-state index is 12.7. The van der Waals surface area contributed by atoms with Gasteiger partial charge in [-0.05, 0) is 32.2 Å². The van der Waals surface area contributed by atoms with Gasteiger partial charge in [0.2, 0.25) is 10.0 Å². The maximum Gasteiger partial charge on any atom is 0.244 e. The highest BCUT2D eigenvalue weighted by atomic mass is 32.2. The molecule has 7 heteroatoms. The van der Waals surface area contributed by atoms with Crippen LogP contribution in [0.25, 0.3) is 0 Å². The third-order valence-corrected chi connectivity index (χ3v) is 5.40. The lowest BCUT2D eigenvalue weighted by molar-refractivity contribution is 0.428. The van der Waals surface area contributed by atoms with Crippen LogP contribution >= 0.6 is 0 Å². The lowest BCUT2D eigenvalue weighted by Crippen LogP contribution is -2.45. The van der Waals surface area contributed by atoms with Gasteiger partial charge in [-0.25, -0.2) is 13.1 Å². The highest BCUT2D eigenvalue weighted by molar-refractivity contribution is 7.89. The standard InChI is InChI=1S/C13H24N4O2S/c1-4-11-13(12(5-2)17(3)15-11)20(18,19)16-10-7-6-8-14-9-10/h10,14,16H,4-9H2,1-3H3/t10-/m0/s1. The molecule has 1 aliphatic rings. The number of sulfonamides is 1. The summed E-state index contributed by atoms with van der Waals surface area (Å²) in [6.45, 7) is 5.55. The molecular weight excluding hydrogens is 276 g/mol. The molecule has 1 aromatic rings. The van der Waals surface area contributed by atoms with E-state index in [0.29, 0.717) is 30.0 Å². The zero-order valence-corrected chi connectivity index (χ0v) is 13.3. The molecule has 6 nitrogen and oxygen atoms in total. The average Bonchev–Trinajstić information content (AvgIpc) is 2.76. The Bertz CT molecular complexity index is 559. The van der Waals surface area contributed by atoms with Gasteiger partial charge < -0.3 is 5.32 Å². The highest BCUT2D eigenvalue weighted by Gasteiger charge is 2.29. The average molecular weight is 300 g/mol. The number of nitrogens with zero attached hydrogens (tertiary/aromatic N) is 2. The second-order valence-electron chi connectivity index (χ2n) is 5.22. The summed E-state index contributed by atoms with van der Waals surface area (Å²) in [5, 5.41) is 7.56. The van der Waals surface area contributed by atoms with Gasteiger partial charge in [0.1, 0.15) is 4.90 Å². The van der Waals surface area contributed by atoms with Gasteiger partial charge in [-0.1, -0.05) is 13.8 Å². The van der Waals surface area contributed by atoms with Gasteiger partial charge in [-0.15, -0.1) is 0 Å². The summed E-state index contributed by atoms with van der Waals surface area (Å²) < 4.78 is 29.9. The predicted octanol–water partition coefficient (Wildman–Crippen LogP) is 0.575. The van der Waals surface area contributed by atoms with Crippen molar-refractivity contribution in [1.29, 1.82) is 0 Å². The summed E-state index contributed by atoms with van der Waals surface area (Å²) >= 11 is 0. The number of aryl methyl sites for hydroxylation is 2. The molecule has 1 aliphatic heterocycles. The number of aromatic nitrogens is 2. The molecule has 0 saturated carbocycles. The smallest absolute Gasteiger partial charge is 0.244 e. The second-order valence-corrected chi connectivity index (χ2v) is 6.87. The normalized spacial score (nSPS) is 20.2. The van der Waals surface area contributed by atoms with E-state index in [9.17, 15) is 8.42 Å². The van der Waals surface area contributed by atoms with E-state index in [1.807, 2.05) is 13.8 Å². The van der Waals surface area contributed by atoms with E-state index in [4.69, 9.17) is 0 Å². The molecule has 0 unspecified atom stereocenters. The van der Waals surface area contributed by atoms with Crippen molar-refractivity contribution in [3.63, 3.8) is 0 Å². The van der Waals surface area contributed by atoms with Crippen LogP contribution in [0, 0.1) is 0 Å². The summed E-state index contributed by atoms with van der Waals surface area (Å²) in [7, 11) is -1.69. The van der Waals surface area contributed by atoms with Crippen LogP contribution in [0.1, 0.15) is 38.1 Å². The Labute approximate surface area is 121 Å². The lowest BCUT2D eigenvalue weighted by atomic mass is 10.1. The number of hydrogen-bond donors (Lipinski definition) is 2. The van der Waals surface area contributed by atoms with E-state index in [1.54, 1.807) is 11.7 Å². The van der Waals surface area contributed by atoms with Crippen molar-refractivity contribution in [2.45, 2.75) is 50.5 Å². The van der Waals surface area contributed by atoms with Gasteiger partial charge >= 0.3 is 0 Å². The maximum absolute atomic E-state index is 12.7. The molecule has 0 bridgehead atoms.